The summed E-state index contributed by atoms with van der Waals surface area (Å²) in [5, 5.41) is 9.32. The molecule has 4 heteroatoms. The lowest BCUT2D eigenvalue weighted by Crippen LogP contribution is -2.36. The second-order valence-electron chi connectivity index (χ2n) is 7.20. The fourth-order valence-corrected chi connectivity index (χ4v) is 4.85. The van der Waals surface area contributed by atoms with Gasteiger partial charge in [-0.25, -0.2) is 0 Å². The van der Waals surface area contributed by atoms with Crippen molar-refractivity contribution in [1.82, 2.24) is 0 Å². The summed E-state index contributed by atoms with van der Waals surface area (Å²) in [7, 11) is -0.986. The van der Waals surface area contributed by atoms with Crippen molar-refractivity contribution in [3.63, 3.8) is 0 Å². The molecule has 2 aliphatic rings. The van der Waals surface area contributed by atoms with Crippen LogP contribution in [-0.4, -0.2) is 31.9 Å². The predicted molar refractivity (Wildman–Crippen MR) is 74.5 cm³/mol. The van der Waals surface area contributed by atoms with Gasteiger partial charge in [0.15, 0.2) is 0 Å². The van der Waals surface area contributed by atoms with Gasteiger partial charge in [0.1, 0.15) is 0 Å². The van der Waals surface area contributed by atoms with Crippen molar-refractivity contribution < 1.29 is 14.6 Å². The quantitative estimate of drug-likeness (QED) is 0.595. The minimum Gasteiger partial charge on any atom is -0.481 e. The number of carbonyl (C=O) groups is 1. The lowest BCUT2D eigenvalue weighted by Gasteiger charge is -2.28. The molecule has 2 rings (SSSR count). The molecular weight excluding hydrogens is 244 g/mol. The number of ether oxygens (including phenoxy) is 1. The van der Waals surface area contributed by atoms with Gasteiger partial charge in [0, 0.05) is 14.7 Å². The summed E-state index contributed by atoms with van der Waals surface area (Å²) in [6, 6.07) is 1.27. The molecule has 0 heterocycles. The molecule has 0 radical (unpaired) electrons. The molecule has 2 saturated carbocycles. The second-order valence-corrected chi connectivity index (χ2v) is 12.8. The summed E-state index contributed by atoms with van der Waals surface area (Å²) in [4.78, 5) is 11.3. The summed E-state index contributed by atoms with van der Waals surface area (Å²) >= 11 is 0. The highest BCUT2D eigenvalue weighted by atomic mass is 28.3. The zero-order valence-electron chi connectivity index (χ0n) is 11.8. The van der Waals surface area contributed by atoms with Crippen LogP contribution in [0.2, 0.25) is 25.7 Å². The van der Waals surface area contributed by atoms with Gasteiger partial charge in [-0.1, -0.05) is 25.7 Å². The van der Waals surface area contributed by atoms with Crippen molar-refractivity contribution in [1.29, 1.82) is 0 Å². The zero-order valence-corrected chi connectivity index (χ0v) is 12.8. The number of fused-ring (bicyclic) bond motifs is 2. The Balaban J connectivity index is 1.80. The average molecular weight is 270 g/mol. The molecule has 18 heavy (non-hydrogen) atoms. The lowest BCUT2D eigenvalue weighted by atomic mass is 9.86. The van der Waals surface area contributed by atoms with E-state index in [0.29, 0.717) is 11.8 Å². The maximum absolute atomic E-state index is 11.3. The second kappa shape index (κ2) is 5.33. The third-order valence-corrected chi connectivity index (χ3v) is 6.36. The van der Waals surface area contributed by atoms with E-state index in [0.717, 1.165) is 25.9 Å². The standard InChI is InChI=1S/C14H26O3Si/c1-18(2,3)8-4-7-17-13-11-6-5-10(9-11)12(13)14(15)16/h10-13H,4-9H2,1-3H3,(H,15,16). The molecule has 0 amide bonds. The fraction of sp³-hybridized carbons (Fsp3) is 0.929. The highest BCUT2D eigenvalue weighted by molar-refractivity contribution is 6.76. The van der Waals surface area contributed by atoms with Gasteiger partial charge in [-0.15, -0.1) is 0 Å². The van der Waals surface area contributed by atoms with Crippen LogP contribution in [0.5, 0.6) is 0 Å². The molecule has 4 unspecified atom stereocenters. The number of carboxylic acid groups (broad SMARTS) is 1. The van der Waals surface area contributed by atoms with Crippen molar-refractivity contribution in [2.45, 2.75) is 57.5 Å². The molecule has 2 fully saturated rings. The Kier molecular flexibility index (Phi) is 4.17. The van der Waals surface area contributed by atoms with Gasteiger partial charge in [0.25, 0.3) is 0 Å². The molecule has 3 nitrogen and oxygen atoms in total. The fourth-order valence-electron chi connectivity index (χ4n) is 3.64. The maximum Gasteiger partial charge on any atom is 0.309 e. The van der Waals surface area contributed by atoms with Gasteiger partial charge >= 0.3 is 5.97 Å². The number of aliphatic carboxylic acids is 1. The molecule has 0 aromatic rings. The number of carboxylic acids is 1. The first-order chi connectivity index (χ1) is 8.38. The first-order valence-electron chi connectivity index (χ1n) is 7.23. The molecular formula is C14H26O3Si. The molecule has 0 aromatic heterocycles. The van der Waals surface area contributed by atoms with Crippen molar-refractivity contribution >= 4 is 14.0 Å². The molecule has 104 valence electrons. The number of rotatable bonds is 6. The molecule has 0 saturated heterocycles. The largest absolute Gasteiger partial charge is 0.481 e. The monoisotopic (exact) mass is 270 g/mol. The van der Waals surface area contributed by atoms with E-state index in [2.05, 4.69) is 19.6 Å². The van der Waals surface area contributed by atoms with Crippen LogP contribution < -0.4 is 0 Å². The van der Waals surface area contributed by atoms with Crippen LogP contribution in [0.4, 0.5) is 0 Å². The van der Waals surface area contributed by atoms with Crippen LogP contribution >= 0.6 is 0 Å². The van der Waals surface area contributed by atoms with Crippen LogP contribution in [-0.2, 0) is 9.53 Å². The predicted octanol–water partition coefficient (Wildman–Crippen LogP) is 3.23. The van der Waals surface area contributed by atoms with Crippen LogP contribution in [0.15, 0.2) is 0 Å². The summed E-state index contributed by atoms with van der Waals surface area (Å²) < 4.78 is 5.95. The summed E-state index contributed by atoms with van der Waals surface area (Å²) in [5.41, 5.74) is 0. The van der Waals surface area contributed by atoms with Gasteiger partial charge in [0.05, 0.1) is 12.0 Å². The first-order valence-corrected chi connectivity index (χ1v) is 10.9. The van der Waals surface area contributed by atoms with Crippen LogP contribution in [0.25, 0.3) is 0 Å². The van der Waals surface area contributed by atoms with E-state index < -0.39 is 14.0 Å². The summed E-state index contributed by atoms with van der Waals surface area (Å²) in [6.07, 6.45) is 4.44. The third-order valence-electron chi connectivity index (χ3n) is 4.51. The van der Waals surface area contributed by atoms with E-state index in [9.17, 15) is 9.90 Å². The first kappa shape index (κ1) is 14.1. The summed E-state index contributed by atoms with van der Waals surface area (Å²) in [6.45, 7) is 7.85. The molecule has 0 spiro atoms. The van der Waals surface area contributed by atoms with Crippen molar-refractivity contribution in [2.75, 3.05) is 6.61 Å². The summed E-state index contributed by atoms with van der Waals surface area (Å²) in [5.74, 6) is 0.0329. The van der Waals surface area contributed by atoms with Crippen LogP contribution in [0.3, 0.4) is 0 Å². The molecule has 0 aromatic carbocycles. The number of hydrogen-bond donors (Lipinski definition) is 1. The Hall–Kier alpha value is -0.353. The molecule has 2 bridgehead atoms. The minimum absolute atomic E-state index is 0.00267. The van der Waals surface area contributed by atoms with Gasteiger partial charge in [-0.2, -0.15) is 0 Å². The van der Waals surface area contributed by atoms with E-state index >= 15 is 0 Å². The Morgan fingerprint density at radius 3 is 2.56 bits per heavy atom. The molecule has 2 aliphatic carbocycles. The van der Waals surface area contributed by atoms with Gasteiger partial charge < -0.3 is 9.84 Å². The molecule has 1 N–H and O–H groups in total. The van der Waals surface area contributed by atoms with Gasteiger partial charge in [-0.3, -0.25) is 4.79 Å². The smallest absolute Gasteiger partial charge is 0.309 e. The Morgan fingerprint density at radius 1 is 1.28 bits per heavy atom. The maximum atomic E-state index is 11.3. The van der Waals surface area contributed by atoms with E-state index in [-0.39, 0.29) is 12.0 Å². The Labute approximate surface area is 111 Å². The lowest BCUT2D eigenvalue weighted by molar-refractivity contribution is -0.150. The van der Waals surface area contributed by atoms with E-state index in [1.807, 2.05) is 0 Å². The third kappa shape index (κ3) is 3.15. The van der Waals surface area contributed by atoms with Crippen molar-refractivity contribution in [3.05, 3.63) is 0 Å². The molecule has 4 atom stereocenters. The molecule has 0 aliphatic heterocycles. The van der Waals surface area contributed by atoms with Crippen LogP contribution in [0.1, 0.15) is 25.7 Å². The Morgan fingerprint density at radius 2 is 1.94 bits per heavy atom. The van der Waals surface area contributed by atoms with E-state index in [1.165, 1.54) is 12.5 Å². The normalized spacial score (nSPS) is 35.1. The average Bonchev–Trinajstić information content (AvgIpc) is 2.82. The van der Waals surface area contributed by atoms with Crippen LogP contribution in [0, 0.1) is 17.8 Å². The topological polar surface area (TPSA) is 46.5 Å². The van der Waals surface area contributed by atoms with E-state index in [1.54, 1.807) is 0 Å². The van der Waals surface area contributed by atoms with Crippen molar-refractivity contribution in [3.8, 4) is 0 Å². The number of hydrogen-bond acceptors (Lipinski definition) is 2. The highest BCUT2D eigenvalue weighted by Gasteiger charge is 2.51. The Bertz CT molecular complexity index is 311. The minimum atomic E-state index is -0.986. The SMILES string of the molecule is C[Si](C)(C)CCCOC1C2CCC(C2)C1C(=O)O. The highest BCUT2D eigenvalue weighted by Crippen LogP contribution is 2.49. The van der Waals surface area contributed by atoms with Gasteiger partial charge in [-0.05, 0) is 37.5 Å². The van der Waals surface area contributed by atoms with Crippen molar-refractivity contribution in [2.24, 2.45) is 17.8 Å². The zero-order chi connectivity index (χ0) is 13.3. The van der Waals surface area contributed by atoms with E-state index in [4.69, 9.17) is 4.74 Å². The van der Waals surface area contributed by atoms with Gasteiger partial charge in [0.2, 0.25) is 0 Å².